The van der Waals surface area contributed by atoms with Crippen LogP contribution in [-0.2, 0) is 71.5 Å². The second-order valence-corrected chi connectivity index (χ2v) is 47.9. The Balaban J connectivity index is 0.000000141. The van der Waals surface area contributed by atoms with E-state index in [1.807, 2.05) is 121 Å². The molecule has 0 radical (unpaired) electrons. The number of carbonyl (C=O) groups excluding carboxylic acids is 12. The fraction of sp³-hybridized carbons (Fsp3) is 0.885. The topological polar surface area (TPSA) is 329 Å². The zero-order valence-electron chi connectivity index (χ0n) is 87.9. The van der Waals surface area contributed by atoms with E-state index in [1.165, 1.54) is 38.5 Å². The maximum absolute atomic E-state index is 12.6. The number of nitrogens with one attached hydrogen (secondary N) is 2. The number of hydrogen-bond acceptors (Lipinski definition) is 25. The van der Waals surface area contributed by atoms with Crippen molar-refractivity contribution in [2.24, 2.45) is 122 Å². The number of rotatable bonds is 22. The predicted octanol–water partition coefficient (Wildman–Crippen LogP) is 11.9. The number of piperidine rings is 5. The minimum Gasteiger partial charge on any atom is -0.466 e. The molecule has 5 unspecified atom stereocenters. The van der Waals surface area contributed by atoms with Crippen LogP contribution in [0.2, 0.25) is 0 Å². The molecule has 11 saturated carbocycles. The molecule has 5 spiro atoms. The molecule has 0 aromatic carbocycles. The van der Waals surface area contributed by atoms with Gasteiger partial charge in [0.1, 0.15) is 22.6 Å². The lowest BCUT2D eigenvalue weighted by atomic mass is 9.50. The number of amides is 7. The molecule has 11 aliphatic carbocycles. The molecule has 15 atom stereocenters. The van der Waals surface area contributed by atoms with E-state index in [0.717, 1.165) is 175 Å². The number of alkyl halides is 3. The van der Waals surface area contributed by atoms with Crippen molar-refractivity contribution in [2.75, 3.05) is 197 Å². The van der Waals surface area contributed by atoms with Gasteiger partial charge in [0, 0.05) is 232 Å². The van der Waals surface area contributed by atoms with Gasteiger partial charge in [0.2, 0.25) is 17.7 Å². The summed E-state index contributed by atoms with van der Waals surface area (Å²) in [7, 11) is 0. The fourth-order valence-corrected chi connectivity index (χ4v) is 26.9. The smallest absolute Gasteiger partial charge is 0.466 e. The summed E-state index contributed by atoms with van der Waals surface area (Å²) in [6.45, 7) is 65.3. The number of fused-ring (bicyclic) bond motifs is 5. The van der Waals surface area contributed by atoms with Crippen molar-refractivity contribution >= 4 is 82.6 Å². The molecule has 20 fully saturated rings. The quantitative estimate of drug-likeness (QED) is 0.0578. The third-order valence-electron chi connectivity index (χ3n) is 34.2. The summed E-state index contributed by atoms with van der Waals surface area (Å²) in [6, 6.07) is 2.40. The molecule has 20 rings (SSSR count). The summed E-state index contributed by atoms with van der Waals surface area (Å²) in [6.07, 6.45) is 6.99. The van der Waals surface area contributed by atoms with Crippen LogP contribution >= 0.6 is 11.6 Å². The van der Waals surface area contributed by atoms with E-state index in [0.29, 0.717) is 181 Å². The Bertz CT molecular complexity index is 4290. The van der Waals surface area contributed by atoms with Crippen LogP contribution in [-0.4, -0.2) is 369 Å². The average Bonchev–Trinajstić information content (AvgIpc) is 1.49. The van der Waals surface area contributed by atoms with Gasteiger partial charge in [-0.15, -0.1) is 0 Å². The molecular weight excluding hydrogens is 1830 g/mol. The molecule has 0 aromatic heterocycles. The van der Waals surface area contributed by atoms with Crippen LogP contribution in [0.15, 0.2) is 0 Å². The van der Waals surface area contributed by atoms with E-state index in [-0.39, 0.29) is 89.7 Å². The van der Waals surface area contributed by atoms with Gasteiger partial charge >= 0.3 is 53.7 Å². The SMILES string of the molecule is CC(C)(C)OC(=O)N1CC2(CC(=O)C2)C1.CCN(CC)C(=O)C1[C@H]2CN(C3CC4(C3)CN(C(=O)C(F)(F)F)C4)C[C@@H]12.CCN(CC)C(=O)C1[C@H]2CN(C3CC4(C3)CN(C(=O)OC(C)(C)C)C4)C[C@@H]12.CCNCC.CCOC(=O)C1CC2(C1)CC(N1C[C@@H]3C(C(=O)N(CC)CC)[C@@H]3C1)C2.CCOC(=O)C1[C@H]2CN(C3CC4(C3)CN(C(=O)OC(C)(C)C)C4)C[C@@H]12.CCOC(=O)C1[C@H]2CNC[C@@H]12.CCOC(=O)Cl. The lowest BCUT2D eigenvalue weighted by Crippen LogP contribution is -2.68. The summed E-state index contributed by atoms with van der Waals surface area (Å²) >= 11 is 4.72. The van der Waals surface area contributed by atoms with Crippen molar-refractivity contribution in [2.45, 2.75) is 270 Å². The molecule has 2 N–H and O–H groups in total. The maximum Gasteiger partial charge on any atom is 0.471 e. The van der Waals surface area contributed by atoms with Crippen molar-refractivity contribution in [3.05, 3.63) is 0 Å². The van der Waals surface area contributed by atoms with Crippen molar-refractivity contribution < 1.29 is 104 Å². The summed E-state index contributed by atoms with van der Waals surface area (Å²) in [5.41, 5.74) is -0.883. The first-order chi connectivity index (χ1) is 65.9. The second kappa shape index (κ2) is 44.0. The number of esters is 3. The normalized spacial score (nSPS) is 32.7. The molecule has 9 heterocycles. The molecule has 9 aliphatic heterocycles. The highest BCUT2D eigenvalue weighted by molar-refractivity contribution is 6.61. The highest BCUT2D eigenvalue weighted by Crippen LogP contribution is 2.65. The van der Waals surface area contributed by atoms with E-state index in [2.05, 4.69) is 76.5 Å². The number of likely N-dealkylation sites (tertiary alicyclic amines) is 8. The van der Waals surface area contributed by atoms with Gasteiger partial charge < -0.3 is 78.1 Å². The van der Waals surface area contributed by atoms with Gasteiger partial charge in [0.25, 0.3) is 0 Å². The number of halogens is 4. The van der Waals surface area contributed by atoms with Gasteiger partial charge in [0.05, 0.1) is 44.2 Å². The summed E-state index contributed by atoms with van der Waals surface area (Å²) in [5.74, 6) is 6.61. The van der Waals surface area contributed by atoms with E-state index in [4.69, 9.17) is 40.0 Å². The van der Waals surface area contributed by atoms with Crippen molar-refractivity contribution in [1.82, 2.24) is 64.5 Å². The largest absolute Gasteiger partial charge is 0.471 e. The summed E-state index contributed by atoms with van der Waals surface area (Å²) in [5, 5.41) is 6.35. The molecule has 36 heteroatoms. The molecule has 7 amide bonds. The molecule has 0 aromatic rings. The first kappa shape index (κ1) is 110. The maximum atomic E-state index is 12.6. The van der Waals surface area contributed by atoms with Gasteiger partial charge in [0.15, 0.2) is 0 Å². The number of ether oxygens (including phenoxy) is 7. The number of Topliss-reactive ketones (excluding diaryl/α,β-unsaturated/α-hetero) is 1. The Morgan fingerprint density at radius 2 is 0.614 bits per heavy atom. The molecule has 140 heavy (non-hydrogen) atoms. The van der Waals surface area contributed by atoms with Crippen LogP contribution < -0.4 is 10.6 Å². The number of carbonyl (C=O) groups is 12. The standard InChI is InChI=1S/C21H35N3O3.C20H32N2O3.C19H30N2O4.C18H26F3N3O2.C11H17NO3.C8H13NO2.C4H11N.C3H5ClO2/c1-6-22(7-2)18(25)17-15-10-23(11-16(15)17)14-8-21(9-14)12-24(13-21)19(26)27-20(3,4)5;1-4-21(5-2)18(23)17-15-11-22(12-16(15)17)14-9-20(10-14)7-13(8-20)19(24)25-6-3;1-5-24-16(22)15-13-8-20(9-14(13)15)12-6-19(7-12)10-21(11-19)17(23)25-18(2,3)4;1-3-22(4-2)15(25)14-12-7-23(8-13(12)14)11-5-17(6-11)9-24(10-17)16(26)18(19,20)21;1-10(2,3)15-9(14)12-6-11(7-12)4-8(13)5-11;1-2-11-8(10)7-5-3-9-4-6(5)7;1-3-5-4-2;1-2-6-3(4)5/h14-17H,6-13H2,1-5H3;13-17H,4-12H2,1-3H3;12-15H,5-11H2,1-4H3;11-14H,3-10H2,1-2H3;4-7H2,1-3H3;5-7,9H,2-4H2,1H3;5H,3-4H2,1-2H3;2H2,1H3/t15-,16+,17?;13?,14?,15-,16+,17?,20?;13-,14+,15?;12-,13+,14?;;5-,6+,7?;;. The summed E-state index contributed by atoms with van der Waals surface area (Å²) < 4.78 is 72.9. The minimum atomic E-state index is -4.76. The molecule has 9 saturated heterocycles. The highest BCUT2D eigenvalue weighted by atomic mass is 35.5. The Kier molecular flexibility index (Phi) is 34.7. The lowest BCUT2D eigenvalue weighted by Gasteiger charge is -2.60. The molecule has 792 valence electrons. The number of nitrogens with zero attached hydrogens (tertiary/aromatic N) is 11. The zero-order chi connectivity index (χ0) is 102. The van der Waals surface area contributed by atoms with Gasteiger partial charge in [-0.1, -0.05) is 13.8 Å². The van der Waals surface area contributed by atoms with Gasteiger partial charge in [-0.05, 0) is 287 Å². The van der Waals surface area contributed by atoms with Crippen LogP contribution in [0.4, 0.5) is 32.3 Å². The third kappa shape index (κ3) is 25.3. The first-order valence-electron chi connectivity index (χ1n) is 53.3. The van der Waals surface area contributed by atoms with Crippen LogP contribution in [0.25, 0.3) is 0 Å². The van der Waals surface area contributed by atoms with E-state index >= 15 is 0 Å². The van der Waals surface area contributed by atoms with Crippen LogP contribution in [0.1, 0.15) is 222 Å². The van der Waals surface area contributed by atoms with E-state index in [9.17, 15) is 70.7 Å². The van der Waals surface area contributed by atoms with Gasteiger partial charge in [-0.2, -0.15) is 13.2 Å². The molecular formula is C104H169ClF3N13O19. The molecule has 20 aliphatic rings. The minimum absolute atomic E-state index is 0.00854. The van der Waals surface area contributed by atoms with Gasteiger partial charge in [-0.25, -0.2) is 19.2 Å². The third-order valence-corrected chi connectivity index (χ3v) is 34.3. The summed E-state index contributed by atoms with van der Waals surface area (Å²) in [4.78, 5) is 162. The fourth-order valence-electron chi connectivity index (χ4n) is 26.8. The Hall–Kier alpha value is -6.92. The van der Waals surface area contributed by atoms with Crippen LogP contribution in [0.5, 0.6) is 0 Å². The Labute approximate surface area is 834 Å². The van der Waals surface area contributed by atoms with Crippen LogP contribution in [0, 0.1) is 122 Å². The zero-order valence-corrected chi connectivity index (χ0v) is 88.7. The monoisotopic (exact) mass is 2000 g/mol. The molecule has 32 nitrogen and oxygen atoms in total. The first-order valence-corrected chi connectivity index (χ1v) is 53.7. The van der Waals surface area contributed by atoms with Crippen molar-refractivity contribution in [1.29, 1.82) is 0 Å². The second-order valence-electron chi connectivity index (χ2n) is 47.6. The van der Waals surface area contributed by atoms with E-state index < -0.39 is 34.3 Å². The lowest BCUT2D eigenvalue weighted by molar-refractivity contribution is -0.204. The van der Waals surface area contributed by atoms with Crippen molar-refractivity contribution in [3.63, 3.8) is 0 Å². The predicted molar refractivity (Wildman–Crippen MR) is 520 cm³/mol. The van der Waals surface area contributed by atoms with Crippen molar-refractivity contribution in [3.8, 4) is 0 Å². The van der Waals surface area contributed by atoms with Crippen LogP contribution in [0.3, 0.4) is 0 Å². The number of hydrogen-bond donors (Lipinski definition) is 2. The Morgan fingerprint density at radius 1 is 0.357 bits per heavy atom. The number of ketones is 1. The molecule has 0 bridgehead atoms. The van der Waals surface area contributed by atoms with Gasteiger partial charge in [-0.3, -0.25) is 58.0 Å². The highest BCUT2D eigenvalue weighted by Gasteiger charge is 2.70. The average molecular weight is 2000 g/mol. The van der Waals surface area contributed by atoms with E-state index in [1.54, 1.807) is 11.8 Å². The Morgan fingerprint density at radius 3 is 0.850 bits per heavy atom.